The minimum Gasteiger partial charge on any atom is -0.400 e. The van der Waals surface area contributed by atoms with Crippen LogP contribution in [0, 0.1) is 6.92 Å². The van der Waals surface area contributed by atoms with Crippen LogP contribution in [0.15, 0.2) is 67.3 Å². The van der Waals surface area contributed by atoms with Gasteiger partial charge in [0.2, 0.25) is 0 Å². The van der Waals surface area contributed by atoms with Crippen LogP contribution in [0.25, 0.3) is 0 Å². The Morgan fingerprint density at radius 1 is 1.05 bits per heavy atom. The zero-order chi connectivity index (χ0) is 17.5. The van der Waals surface area contributed by atoms with Crippen LogP contribution in [0.5, 0.6) is 0 Å². The fraction of sp³-hybridized carbons (Fsp3) is 0.222. The summed E-state index contributed by atoms with van der Waals surface area (Å²) in [5.74, 6) is 0. The van der Waals surface area contributed by atoms with Gasteiger partial charge in [-0.3, -0.25) is 4.79 Å². The first-order valence-electron chi connectivity index (χ1n) is 6.40. The number of benzene rings is 1. The first-order valence-corrected chi connectivity index (χ1v) is 6.40. The lowest BCUT2D eigenvalue weighted by molar-refractivity contribution is -0.104. The van der Waals surface area contributed by atoms with E-state index in [2.05, 4.69) is 32.2 Å². The number of hydrogen-bond acceptors (Lipinski definition) is 3. The smallest absolute Gasteiger partial charge is 0.150 e. The van der Waals surface area contributed by atoms with E-state index in [0.717, 1.165) is 13.4 Å². The number of aliphatic hydroxyl groups is 1. The number of allylic oxidation sites excluding steroid dienone is 4. The third-order valence-electron chi connectivity index (χ3n) is 1.62. The van der Waals surface area contributed by atoms with Gasteiger partial charge in [0, 0.05) is 12.7 Å². The minimum absolute atomic E-state index is 0.556. The Morgan fingerprint density at radius 2 is 1.48 bits per heavy atom. The maximum absolute atomic E-state index is 9.94. The fourth-order valence-electron chi connectivity index (χ4n) is 0.826. The normalized spacial score (nSPS) is 7.57. The molecule has 0 aliphatic rings. The van der Waals surface area contributed by atoms with Gasteiger partial charge < -0.3 is 9.90 Å². The third kappa shape index (κ3) is 27.1. The van der Waals surface area contributed by atoms with Crippen molar-refractivity contribution in [2.75, 3.05) is 7.11 Å². The van der Waals surface area contributed by atoms with E-state index >= 15 is 0 Å². The Hall–Kier alpha value is -2.26. The fourth-order valence-corrected chi connectivity index (χ4v) is 0.826. The molecule has 1 aromatic carbocycles. The van der Waals surface area contributed by atoms with Crippen molar-refractivity contribution in [1.82, 2.24) is 0 Å². The van der Waals surface area contributed by atoms with Crippen LogP contribution >= 0.6 is 0 Å². The molecule has 0 amide bonds. The van der Waals surface area contributed by atoms with Crippen LogP contribution in [-0.4, -0.2) is 25.3 Å². The number of aryl methyl sites for hydroxylation is 1. The average Bonchev–Trinajstić information content (AvgIpc) is 2.59. The summed E-state index contributed by atoms with van der Waals surface area (Å²) < 4.78 is 0. The van der Waals surface area contributed by atoms with Crippen molar-refractivity contribution in [2.24, 2.45) is 0 Å². The molecule has 118 valence electrons. The van der Waals surface area contributed by atoms with Crippen LogP contribution in [0.3, 0.4) is 0 Å². The van der Waals surface area contributed by atoms with Gasteiger partial charge in [-0.1, -0.05) is 81.1 Å². The Kier molecular flexibility index (Phi) is 39.6. The van der Waals surface area contributed by atoms with E-state index < -0.39 is 0 Å². The van der Waals surface area contributed by atoms with Crippen LogP contribution < -0.4 is 0 Å². The second-order valence-corrected chi connectivity index (χ2v) is 2.88. The van der Waals surface area contributed by atoms with Crippen LogP contribution in [-0.2, 0) is 9.59 Å². The highest BCUT2D eigenvalue weighted by Gasteiger charge is 1.79. The first-order chi connectivity index (χ1) is 10.2. The molecule has 0 saturated carbocycles. The summed E-state index contributed by atoms with van der Waals surface area (Å²) in [7, 11) is 1.00. The van der Waals surface area contributed by atoms with Gasteiger partial charge in [-0.05, 0) is 6.92 Å². The van der Waals surface area contributed by atoms with Crippen LogP contribution in [0.1, 0.15) is 19.4 Å². The highest BCUT2D eigenvalue weighted by atomic mass is 16.2. The van der Waals surface area contributed by atoms with Crippen molar-refractivity contribution in [3.63, 3.8) is 0 Å². The number of carbonyl (C=O) groups is 2. The highest BCUT2D eigenvalue weighted by Crippen LogP contribution is 1.92. The van der Waals surface area contributed by atoms with Gasteiger partial charge in [0.05, 0.1) is 0 Å². The minimum atomic E-state index is 0.556. The van der Waals surface area contributed by atoms with E-state index in [4.69, 9.17) is 9.90 Å². The molecule has 3 heteroatoms. The molecule has 21 heavy (non-hydrogen) atoms. The van der Waals surface area contributed by atoms with Crippen LogP contribution in [0.4, 0.5) is 0 Å². The van der Waals surface area contributed by atoms with Crippen molar-refractivity contribution in [2.45, 2.75) is 20.8 Å². The maximum atomic E-state index is 9.94. The molecule has 3 nitrogen and oxygen atoms in total. The second-order valence-electron chi connectivity index (χ2n) is 2.88. The monoisotopic (exact) mass is 292 g/mol. The molecule has 0 saturated heterocycles. The molecule has 0 unspecified atom stereocenters. The number of carbonyl (C=O) groups excluding carboxylic acids is 2. The molecule has 0 aliphatic heterocycles. The zero-order valence-corrected chi connectivity index (χ0v) is 13.6. The molecule has 1 N–H and O–H groups in total. The van der Waals surface area contributed by atoms with E-state index in [0.29, 0.717) is 5.57 Å². The molecule has 0 atom stereocenters. The van der Waals surface area contributed by atoms with Gasteiger partial charge in [0.25, 0.3) is 0 Å². The summed E-state index contributed by atoms with van der Waals surface area (Å²) in [6.45, 7) is 14.9. The summed E-state index contributed by atoms with van der Waals surface area (Å²) in [4.78, 5) is 17.9. The first kappa shape index (κ1) is 27.1. The van der Waals surface area contributed by atoms with Crippen molar-refractivity contribution >= 4 is 13.1 Å². The maximum Gasteiger partial charge on any atom is 0.150 e. The largest absolute Gasteiger partial charge is 0.400 e. The summed E-state index contributed by atoms with van der Waals surface area (Å²) in [5.41, 5.74) is 1.88. The number of aldehydes is 1. The lowest BCUT2D eigenvalue weighted by atomic mass is 10.2. The molecule has 0 spiro atoms. The van der Waals surface area contributed by atoms with Gasteiger partial charge >= 0.3 is 0 Å². The summed E-state index contributed by atoms with van der Waals surface area (Å²) in [5, 5.41) is 7.00. The van der Waals surface area contributed by atoms with E-state index in [-0.39, 0.29) is 0 Å². The van der Waals surface area contributed by atoms with Crippen LogP contribution in [0.2, 0.25) is 0 Å². The second kappa shape index (κ2) is 30.6. The Balaban J connectivity index is -0.000000102. The molecular formula is C18H28O3. The number of aliphatic hydroxyl groups excluding tert-OH is 1. The van der Waals surface area contributed by atoms with E-state index in [9.17, 15) is 4.79 Å². The predicted octanol–water partition coefficient (Wildman–Crippen LogP) is 3.93. The number of hydrogen-bond donors (Lipinski definition) is 1. The summed E-state index contributed by atoms with van der Waals surface area (Å²) in [6.07, 6.45) is 5.36. The Morgan fingerprint density at radius 3 is 1.62 bits per heavy atom. The van der Waals surface area contributed by atoms with Crippen molar-refractivity contribution < 1.29 is 14.7 Å². The zero-order valence-electron chi connectivity index (χ0n) is 13.6. The predicted molar refractivity (Wildman–Crippen MR) is 92.3 cm³/mol. The Labute approximate surface area is 129 Å². The van der Waals surface area contributed by atoms with Crippen molar-refractivity contribution in [3.05, 3.63) is 72.9 Å². The van der Waals surface area contributed by atoms with Gasteiger partial charge in [-0.15, -0.1) is 0 Å². The molecule has 1 rings (SSSR count). The topological polar surface area (TPSA) is 54.4 Å². The van der Waals surface area contributed by atoms with Gasteiger partial charge in [-0.25, -0.2) is 0 Å². The van der Waals surface area contributed by atoms with Gasteiger partial charge in [0.1, 0.15) is 13.1 Å². The standard InChI is InChI=1S/C7H8O.C7H8.C2H6.CH4O.CH2O/c1-3-5-7(4-2)6-8;1-7-5-3-2-4-6-7;3*1-2/h3-6H,1-2H2;2-6H,1H3;1-2H3;2H,1H3;1H2/b7-5+;;;;. The molecular weight excluding hydrogens is 264 g/mol. The molecule has 0 aromatic heterocycles. The molecule has 0 radical (unpaired) electrons. The van der Waals surface area contributed by atoms with E-state index in [1.165, 1.54) is 11.6 Å². The molecule has 1 aromatic rings. The van der Waals surface area contributed by atoms with E-state index in [1.807, 2.05) is 38.8 Å². The molecule has 0 aliphatic carbocycles. The lowest BCUT2D eigenvalue weighted by Crippen LogP contribution is -1.73. The SMILES string of the molecule is C=C/C=C(\C=C)C=O.C=O.CC.CO.Cc1ccccc1. The van der Waals surface area contributed by atoms with Gasteiger partial charge in [-0.2, -0.15) is 0 Å². The average molecular weight is 292 g/mol. The Bertz CT molecular complexity index is 344. The molecule has 0 fully saturated rings. The quantitative estimate of drug-likeness (QED) is 0.522. The molecule has 0 bridgehead atoms. The molecule has 0 heterocycles. The van der Waals surface area contributed by atoms with Crippen molar-refractivity contribution in [1.29, 1.82) is 0 Å². The summed E-state index contributed by atoms with van der Waals surface area (Å²) >= 11 is 0. The highest BCUT2D eigenvalue weighted by molar-refractivity contribution is 5.77. The number of rotatable bonds is 3. The third-order valence-corrected chi connectivity index (χ3v) is 1.62. The van der Waals surface area contributed by atoms with Gasteiger partial charge in [0.15, 0.2) is 0 Å². The van der Waals surface area contributed by atoms with E-state index in [1.54, 1.807) is 12.2 Å². The summed E-state index contributed by atoms with van der Waals surface area (Å²) in [6, 6.07) is 10.3. The van der Waals surface area contributed by atoms with Crippen molar-refractivity contribution in [3.8, 4) is 0 Å². The lowest BCUT2D eigenvalue weighted by Gasteiger charge is -1.82.